The Morgan fingerprint density at radius 2 is 2.23 bits per heavy atom. The molecule has 1 unspecified atom stereocenters. The fourth-order valence-corrected chi connectivity index (χ4v) is 2.88. The molecule has 1 aromatic carbocycles. The number of rotatable bonds is 4. The van der Waals surface area contributed by atoms with E-state index in [1.54, 1.807) is 16.8 Å². The number of aryl methyl sites for hydroxylation is 1. The van der Waals surface area contributed by atoms with Crippen LogP contribution in [0.4, 0.5) is 17.1 Å². The van der Waals surface area contributed by atoms with Crippen LogP contribution in [0.3, 0.4) is 0 Å². The number of benzene rings is 1. The minimum Gasteiger partial charge on any atom is -0.375 e. The Kier molecular flexibility index (Phi) is 3.95. The average Bonchev–Trinajstić information content (AvgIpc) is 2.94. The van der Waals surface area contributed by atoms with Crippen molar-refractivity contribution in [2.24, 2.45) is 7.05 Å². The molecule has 1 saturated heterocycles. The van der Waals surface area contributed by atoms with Crippen LogP contribution in [0.2, 0.25) is 0 Å². The second-order valence-electron chi connectivity index (χ2n) is 5.58. The maximum Gasteiger partial charge on any atom is 0.292 e. The standard InChI is InChI=1S/C15H19N5O2/c1-18-11-13(9-16-18)19-8-4-5-12(10-19)17-14-6-2-3-7-15(14)20(21)22/h2-3,6-7,9,11-12,17H,4-5,8,10H2,1H3. The van der Waals surface area contributed by atoms with Gasteiger partial charge in [-0.3, -0.25) is 14.8 Å². The van der Waals surface area contributed by atoms with Crippen LogP contribution < -0.4 is 10.2 Å². The molecule has 2 heterocycles. The highest BCUT2D eigenvalue weighted by molar-refractivity contribution is 5.62. The van der Waals surface area contributed by atoms with Gasteiger partial charge >= 0.3 is 0 Å². The molecule has 2 aromatic rings. The minimum absolute atomic E-state index is 0.126. The van der Waals surface area contributed by atoms with Crippen molar-refractivity contribution in [1.82, 2.24) is 9.78 Å². The molecule has 1 atom stereocenters. The number of nitro groups is 1. The summed E-state index contributed by atoms with van der Waals surface area (Å²) in [6, 6.07) is 6.99. The molecule has 1 aromatic heterocycles. The molecular weight excluding hydrogens is 282 g/mol. The van der Waals surface area contributed by atoms with Crippen molar-refractivity contribution in [2.75, 3.05) is 23.3 Å². The maximum atomic E-state index is 11.1. The van der Waals surface area contributed by atoms with Crippen molar-refractivity contribution >= 4 is 17.1 Å². The second-order valence-corrected chi connectivity index (χ2v) is 5.58. The summed E-state index contributed by atoms with van der Waals surface area (Å²) in [5.74, 6) is 0. The first kappa shape index (κ1) is 14.4. The highest BCUT2D eigenvalue weighted by Crippen LogP contribution is 2.27. The van der Waals surface area contributed by atoms with Gasteiger partial charge in [0.2, 0.25) is 0 Å². The summed E-state index contributed by atoms with van der Waals surface area (Å²) in [7, 11) is 1.90. The number of nitro benzene ring substituents is 1. The molecule has 3 rings (SSSR count). The van der Waals surface area contributed by atoms with Gasteiger partial charge in [-0.1, -0.05) is 12.1 Å². The summed E-state index contributed by atoms with van der Waals surface area (Å²) in [5.41, 5.74) is 1.81. The third-order valence-electron chi connectivity index (χ3n) is 3.94. The second kappa shape index (κ2) is 6.05. The van der Waals surface area contributed by atoms with E-state index in [9.17, 15) is 10.1 Å². The summed E-state index contributed by atoms with van der Waals surface area (Å²) in [4.78, 5) is 13.0. The number of aromatic nitrogens is 2. The van der Waals surface area contributed by atoms with Gasteiger partial charge < -0.3 is 10.2 Å². The average molecular weight is 301 g/mol. The predicted octanol–water partition coefficient (Wildman–Crippen LogP) is 2.41. The van der Waals surface area contributed by atoms with Gasteiger partial charge in [-0.25, -0.2) is 0 Å². The van der Waals surface area contributed by atoms with Crippen LogP contribution in [-0.4, -0.2) is 33.8 Å². The number of nitrogens with zero attached hydrogens (tertiary/aromatic N) is 4. The van der Waals surface area contributed by atoms with Crippen LogP contribution >= 0.6 is 0 Å². The van der Waals surface area contributed by atoms with Crippen molar-refractivity contribution in [1.29, 1.82) is 0 Å². The molecule has 1 fully saturated rings. The molecule has 0 aliphatic carbocycles. The Hall–Kier alpha value is -2.57. The number of hydrogen-bond donors (Lipinski definition) is 1. The molecule has 7 nitrogen and oxygen atoms in total. The van der Waals surface area contributed by atoms with E-state index in [1.807, 2.05) is 25.5 Å². The summed E-state index contributed by atoms with van der Waals surface area (Å²) in [6.45, 7) is 1.80. The zero-order chi connectivity index (χ0) is 15.5. The van der Waals surface area contributed by atoms with E-state index in [0.717, 1.165) is 31.6 Å². The van der Waals surface area contributed by atoms with Crippen LogP contribution in [0.15, 0.2) is 36.7 Å². The van der Waals surface area contributed by atoms with Gasteiger partial charge in [-0.05, 0) is 18.9 Å². The topological polar surface area (TPSA) is 76.2 Å². The normalized spacial score (nSPS) is 18.2. The molecule has 0 amide bonds. The molecule has 7 heteroatoms. The van der Waals surface area contributed by atoms with Gasteiger partial charge in [0.1, 0.15) is 5.69 Å². The van der Waals surface area contributed by atoms with E-state index in [4.69, 9.17) is 0 Å². The van der Waals surface area contributed by atoms with E-state index in [2.05, 4.69) is 15.3 Å². The van der Waals surface area contributed by atoms with E-state index in [0.29, 0.717) is 5.69 Å². The van der Waals surface area contributed by atoms with Crippen molar-refractivity contribution in [3.8, 4) is 0 Å². The number of anilines is 2. The number of piperidine rings is 1. The van der Waals surface area contributed by atoms with Gasteiger partial charge in [-0.2, -0.15) is 5.10 Å². The minimum atomic E-state index is -0.343. The highest BCUT2D eigenvalue weighted by Gasteiger charge is 2.23. The summed E-state index contributed by atoms with van der Waals surface area (Å²) in [5, 5.41) is 18.6. The van der Waals surface area contributed by atoms with Gasteiger partial charge in [-0.15, -0.1) is 0 Å². The Morgan fingerprint density at radius 3 is 2.95 bits per heavy atom. The quantitative estimate of drug-likeness (QED) is 0.693. The largest absolute Gasteiger partial charge is 0.375 e. The van der Waals surface area contributed by atoms with Crippen LogP contribution in [-0.2, 0) is 7.05 Å². The lowest BCUT2D eigenvalue weighted by Crippen LogP contribution is -2.42. The summed E-state index contributed by atoms with van der Waals surface area (Å²) >= 11 is 0. The van der Waals surface area contributed by atoms with Gasteiger partial charge in [0, 0.05) is 38.4 Å². The van der Waals surface area contributed by atoms with Crippen LogP contribution in [0.5, 0.6) is 0 Å². The molecular formula is C15H19N5O2. The van der Waals surface area contributed by atoms with Crippen molar-refractivity contribution < 1.29 is 4.92 Å². The molecule has 22 heavy (non-hydrogen) atoms. The molecule has 1 aliphatic rings. The zero-order valence-corrected chi connectivity index (χ0v) is 12.5. The lowest BCUT2D eigenvalue weighted by Gasteiger charge is -2.34. The fourth-order valence-electron chi connectivity index (χ4n) is 2.88. The van der Waals surface area contributed by atoms with E-state index >= 15 is 0 Å². The molecule has 0 radical (unpaired) electrons. The van der Waals surface area contributed by atoms with Crippen molar-refractivity contribution in [3.63, 3.8) is 0 Å². The predicted molar refractivity (Wildman–Crippen MR) is 85.2 cm³/mol. The Balaban J connectivity index is 1.72. The number of nitrogens with one attached hydrogen (secondary N) is 1. The fraction of sp³-hybridized carbons (Fsp3) is 0.400. The van der Waals surface area contributed by atoms with Crippen LogP contribution in [0.1, 0.15) is 12.8 Å². The highest BCUT2D eigenvalue weighted by atomic mass is 16.6. The Bertz CT molecular complexity index is 669. The molecule has 116 valence electrons. The van der Waals surface area contributed by atoms with Gasteiger partial charge in [0.05, 0.1) is 16.8 Å². The maximum absolute atomic E-state index is 11.1. The number of hydrogen-bond acceptors (Lipinski definition) is 5. The Morgan fingerprint density at radius 1 is 1.41 bits per heavy atom. The lowest BCUT2D eigenvalue weighted by molar-refractivity contribution is -0.384. The first-order chi connectivity index (χ1) is 10.6. The number of para-hydroxylation sites is 2. The van der Waals surface area contributed by atoms with Crippen molar-refractivity contribution in [3.05, 3.63) is 46.8 Å². The van der Waals surface area contributed by atoms with Gasteiger partial charge in [0.15, 0.2) is 0 Å². The molecule has 0 spiro atoms. The van der Waals surface area contributed by atoms with E-state index in [-0.39, 0.29) is 16.7 Å². The molecule has 1 N–H and O–H groups in total. The third-order valence-corrected chi connectivity index (χ3v) is 3.94. The van der Waals surface area contributed by atoms with Gasteiger partial charge in [0.25, 0.3) is 5.69 Å². The smallest absolute Gasteiger partial charge is 0.292 e. The molecule has 0 bridgehead atoms. The van der Waals surface area contributed by atoms with Crippen LogP contribution in [0, 0.1) is 10.1 Å². The SMILES string of the molecule is Cn1cc(N2CCCC(Nc3ccccc3[N+](=O)[O-])C2)cn1. The first-order valence-corrected chi connectivity index (χ1v) is 7.37. The molecule has 1 aliphatic heterocycles. The summed E-state index contributed by atoms with van der Waals surface area (Å²) < 4.78 is 1.79. The van der Waals surface area contributed by atoms with Crippen LogP contribution in [0.25, 0.3) is 0 Å². The summed E-state index contributed by atoms with van der Waals surface area (Å²) in [6.07, 6.45) is 5.90. The molecule has 0 saturated carbocycles. The third kappa shape index (κ3) is 3.03. The Labute approximate surface area is 128 Å². The zero-order valence-electron chi connectivity index (χ0n) is 12.5. The van der Waals surface area contributed by atoms with E-state index < -0.39 is 0 Å². The van der Waals surface area contributed by atoms with Crippen molar-refractivity contribution in [2.45, 2.75) is 18.9 Å². The lowest BCUT2D eigenvalue weighted by atomic mass is 10.0. The first-order valence-electron chi connectivity index (χ1n) is 7.37. The van der Waals surface area contributed by atoms with E-state index in [1.165, 1.54) is 6.07 Å². The monoisotopic (exact) mass is 301 g/mol.